The Morgan fingerprint density at radius 2 is 2.04 bits per heavy atom. The second-order valence-corrected chi connectivity index (χ2v) is 6.93. The van der Waals surface area contributed by atoms with Crippen molar-refractivity contribution in [3.8, 4) is 0 Å². The number of aliphatic carboxylic acids is 1. The largest absolute Gasteiger partial charge is 0.481 e. The van der Waals surface area contributed by atoms with E-state index in [0.717, 1.165) is 17.7 Å². The predicted molar refractivity (Wildman–Crippen MR) is 95.0 cm³/mol. The van der Waals surface area contributed by atoms with Crippen molar-refractivity contribution in [1.82, 2.24) is 5.32 Å². The average molecular weight is 319 g/mol. The zero-order valence-electron chi connectivity index (χ0n) is 13.5. The molecule has 1 fully saturated rings. The van der Waals surface area contributed by atoms with Crippen LogP contribution in [0.5, 0.6) is 0 Å². The number of rotatable bonds is 3. The highest BCUT2D eigenvalue weighted by molar-refractivity contribution is 5.78. The van der Waals surface area contributed by atoms with Gasteiger partial charge in [0.15, 0.2) is 0 Å². The summed E-state index contributed by atoms with van der Waals surface area (Å²) >= 11 is 0. The second-order valence-electron chi connectivity index (χ2n) is 6.93. The molecular weight excluding hydrogens is 298 g/mol. The Balaban J connectivity index is 1.94. The van der Waals surface area contributed by atoms with Crippen LogP contribution in [0.2, 0.25) is 0 Å². The van der Waals surface area contributed by atoms with Crippen LogP contribution in [0.25, 0.3) is 6.08 Å². The minimum Gasteiger partial charge on any atom is -0.481 e. The maximum atomic E-state index is 12.2. The van der Waals surface area contributed by atoms with Crippen LogP contribution in [0.4, 0.5) is 0 Å². The topological polar surface area (TPSA) is 49.3 Å². The number of hydrogen-bond donors (Lipinski definition) is 2. The Morgan fingerprint density at radius 3 is 2.75 bits per heavy atom. The van der Waals surface area contributed by atoms with Crippen LogP contribution in [-0.2, 0) is 11.2 Å². The number of nitrogens with one attached hydrogen (secondary N) is 1. The van der Waals surface area contributed by atoms with Crippen LogP contribution < -0.4 is 5.32 Å². The normalized spacial score (nSPS) is 28.0. The Bertz CT molecular complexity index is 799. The van der Waals surface area contributed by atoms with Crippen LogP contribution in [0, 0.1) is 11.3 Å². The first-order valence-electron chi connectivity index (χ1n) is 8.40. The van der Waals surface area contributed by atoms with E-state index < -0.39 is 11.4 Å². The van der Waals surface area contributed by atoms with E-state index in [1.54, 1.807) is 0 Å². The fourth-order valence-corrected chi connectivity index (χ4v) is 4.56. The minimum atomic E-state index is -0.729. The summed E-state index contributed by atoms with van der Waals surface area (Å²) in [5.41, 5.74) is 3.92. The zero-order chi connectivity index (χ0) is 16.7. The van der Waals surface area contributed by atoms with Crippen molar-refractivity contribution in [2.45, 2.75) is 12.3 Å². The molecule has 3 heteroatoms. The van der Waals surface area contributed by atoms with Crippen LogP contribution in [-0.4, -0.2) is 24.2 Å². The number of carboxylic acid groups (broad SMARTS) is 1. The molecule has 2 aliphatic rings. The van der Waals surface area contributed by atoms with Crippen molar-refractivity contribution in [3.63, 3.8) is 0 Å². The highest BCUT2D eigenvalue weighted by Crippen LogP contribution is 2.52. The molecule has 4 rings (SSSR count). The molecule has 0 saturated carbocycles. The summed E-state index contributed by atoms with van der Waals surface area (Å²) < 4.78 is 0. The molecule has 1 aliphatic carbocycles. The van der Waals surface area contributed by atoms with Crippen LogP contribution in [0.15, 0.2) is 55.1 Å². The summed E-state index contributed by atoms with van der Waals surface area (Å²) in [5, 5.41) is 13.4. The maximum Gasteiger partial charge on any atom is 0.311 e. The number of hydrogen-bond acceptors (Lipinski definition) is 2. The van der Waals surface area contributed by atoms with E-state index in [-0.39, 0.29) is 11.8 Å². The minimum absolute atomic E-state index is 0.0690. The smallest absolute Gasteiger partial charge is 0.311 e. The molecule has 2 aromatic carbocycles. The van der Waals surface area contributed by atoms with Crippen LogP contribution >= 0.6 is 0 Å². The zero-order valence-corrected chi connectivity index (χ0v) is 13.5. The molecule has 3 unspecified atom stereocenters. The van der Waals surface area contributed by atoms with E-state index in [9.17, 15) is 9.90 Å². The molecule has 24 heavy (non-hydrogen) atoms. The van der Waals surface area contributed by atoms with Gasteiger partial charge in [-0.3, -0.25) is 4.79 Å². The molecule has 2 N–H and O–H groups in total. The Labute approximate surface area is 142 Å². The number of carboxylic acids is 1. The third-order valence-electron chi connectivity index (χ3n) is 5.75. The lowest BCUT2D eigenvalue weighted by Gasteiger charge is -2.42. The third-order valence-corrected chi connectivity index (χ3v) is 5.75. The molecule has 1 aliphatic heterocycles. The molecule has 0 amide bonds. The highest BCUT2D eigenvalue weighted by atomic mass is 16.4. The first kappa shape index (κ1) is 15.2. The lowest BCUT2D eigenvalue weighted by molar-refractivity contribution is -0.151. The first-order chi connectivity index (χ1) is 11.7. The quantitative estimate of drug-likeness (QED) is 0.912. The van der Waals surface area contributed by atoms with E-state index in [1.807, 2.05) is 24.3 Å². The Kier molecular flexibility index (Phi) is 3.54. The molecule has 0 spiro atoms. The monoisotopic (exact) mass is 319 g/mol. The van der Waals surface area contributed by atoms with Crippen LogP contribution in [0.3, 0.4) is 0 Å². The molecule has 122 valence electrons. The van der Waals surface area contributed by atoms with Crippen molar-refractivity contribution in [2.24, 2.45) is 11.3 Å². The van der Waals surface area contributed by atoms with Crippen molar-refractivity contribution < 1.29 is 9.90 Å². The van der Waals surface area contributed by atoms with E-state index in [1.165, 1.54) is 11.1 Å². The average Bonchev–Trinajstić information content (AvgIpc) is 3.04. The predicted octanol–water partition coefficient (Wildman–Crippen LogP) is 3.31. The van der Waals surface area contributed by atoms with Gasteiger partial charge < -0.3 is 10.4 Å². The van der Waals surface area contributed by atoms with Gasteiger partial charge in [-0.2, -0.15) is 0 Å². The van der Waals surface area contributed by atoms with Gasteiger partial charge in [0.25, 0.3) is 0 Å². The number of benzene rings is 2. The molecule has 0 bridgehead atoms. The number of carbonyl (C=O) groups is 1. The summed E-state index contributed by atoms with van der Waals surface area (Å²) in [5.74, 6) is -0.507. The summed E-state index contributed by atoms with van der Waals surface area (Å²) in [6.45, 7) is 5.13. The van der Waals surface area contributed by atoms with E-state index >= 15 is 0 Å². The van der Waals surface area contributed by atoms with E-state index in [4.69, 9.17) is 0 Å². The van der Waals surface area contributed by atoms with Crippen LogP contribution in [0.1, 0.15) is 28.2 Å². The summed E-state index contributed by atoms with van der Waals surface area (Å²) in [6.07, 6.45) is 2.41. The summed E-state index contributed by atoms with van der Waals surface area (Å²) in [7, 11) is 0. The van der Waals surface area contributed by atoms with Gasteiger partial charge in [-0.05, 0) is 34.6 Å². The second kappa shape index (κ2) is 5.60. The van der Waals surface area contributed by atoms with Crippen molar-refractivity contribution >= 4 is 12.0 Å². The Hall–Kier alpha value is -2.39. The fraction of sp³-hybridized carbons (Fsp3) is 0.286. The van der Waals surface area contributed by atoms with Gasteiger partial charge in [0.05, 0.1) is 5.41 Å². The lowest BCUT2D eigenvalue weighted by atomic mass is 9.59. The lowest BCUT2D eigenvalue weighted by Crippen LogP contribution is -2.46. The molecule has 1 heterocycles. The first-order valence-corrected chi connectivity index (χ1v) is 8.40. The molecule has 3 atom stereocenters. The third kappa shape index (κ3) is 2.12. The molecular formula is C21H21NO2. The van der Waals surface area contributed by atoms with Crippen molar-refractivity contribution in [3.05, 3.63) is 77.4 Å². The van der Waals surface area contributed by atoms with Gasteiger partial charge >= 0.3 is 5.97 Å². The molecule has 0 aromatic heterocycles. The van der Waals surface area contributed by atoms with Gasteiger partial charge in [0.1, 0.15) is 0 Å². The van der Waals surface area contributed by atoms with Crippen molar-refractivity contribution in [2.75, 3.05) is 13.1 Å². The van der Waals surface area contributed by atoms with Gasteiger partial charge in [-0.1, -0.05) is 61.2 Å². The SMILES string of the molecule is C=Cc1ccc2c(c1)CC1(C(=O)O)CNCC1C2c1ccccc1. The molecule has 2 aromatic rings. The van der Waals surface area contributed by atoms with E-state index in [0.29, 0.717) is 13.0 Å². The summed E-state index contributed by atoms with van der Waals surface area (Å²) in [4.78, 5) is 12.2. The Morgan fingerprint density at radius 1 is 1.25 bits per heavy atom. The molecule has 3 nitrogen and oxygen atoms in total. The molecule has 0 radical (unpaired) electrons. The van der Waals surface area contributed by atoms with Gasteiger partial charge in [0, 0.05) is 19.0 Å². The summed E-state index contributed by atoms with van der Waals surface area (Å²) in [6, 6.07) is 16.7. The van der Waals surface area contributed by atoms with Gasteiger partial charge in [-0.25, -0.2) is 0 Å². The van der Waals surface area contributed by atoms with Gasteiger partial charge in [-0.15, -0.1) is 0 Å². The fourth-order valence-electron chi connectivity index (χ4n) is 4.56. The highest BCUT2D eigenvalue weighted by Gasteiger charge is 2.55. The standard InChI is InChI=1S/C21H21NO2/c1-2-14-8-9-17-16(10-14)11-21(20(23)24)13-22-12-18(21)19(17)15-6-4-3-5-7-15/h2-10,18-19,22H,1,11-13H2,(H,23,24). The maximum absolute atomic E-state index is 12.2. The molecule has 1 saturated heterocycles. The van der Waals surface area contributed by atoms with Crippen molar-refractivity contribution in [1.29, 1.82) is 0 Å². The van der Waals surface area contributed by atoms with Gasteiger partial charge in [0.2, 0.25) is 0 Å². The van der Waals surface area contributed by atoms with E-state index in [2.05, 4.69) is 42.2 Å². The number of fused-ring (bicyclic) bond motifs is 2.